The summed E-state index contributed by atoms with van der Waals surface area (Å²) in [7, 11) is 0. The maximum absolute atomic E-state index is 11.2. The van der Waals surface area contributed by atoms with Crippen LogP contribution in [0.5, 0.6) is 0 Å². The lowest BCUT2D eigenvalue weighted by atomic mass is 10.0. The van der Waals surface area contributed by atoms with Gasteiger partial charge in [-0.25, -0.2) is 9.59 Å². The molecule has 0 aliphatic heterocycles. The number of hydrogen-bond acceptors (Lipinski definition) is 4. The van der Waals surface area contributed by atoms with Gasteiger partial charge in [-0.05, 0) is 37.8 Å². The van der Waals surface area contributed by atoms with Crippen LogP contribution < -0.4 is 0 Å². The lowest BCUT2D eigenvalue weighted by molar-refractivity contribution is -0.139. The first-order valence-electron chi connectivity index (χ1n) is 6.09. The lowest BCUT2D eigenvalue weighted by Crippen LogP contribution is -2.04. The normalized spacial score (nSPS) is 17.1. The monoisotopic (exact) mass is 250 g/mol. The molecule has 98 valence electrons. The number of rotatable bonds is 5. The zero-order chi connectivity index (χ0) is 13.2. The van der Waals surface area contributed by atoms with E-state index >= 15 is 0 Å². The molecule has 0 saturated heterocycles. The van der Waals surface area contributed by atoms with Crippen LogP contribution in [-0.4, -0.2) is 25.2 Å². The predicted molar refractivity (Wildman–Crippen MR) is 67.8 cm³/mol. The van der Waals surface area contributed by atoms with Gasteiger partial charge < -0.3 is 9.47 Å². The topological polar surface area (TPSA) is 52.6 Å². The van der Waals surface area contributed by atoms with E-state index in [1.54, 1.807) is 6.92 Å². The summed E-state index contributed by atoms with van der Waals surface area (Å²) < 4.78 is 9.57. The van der Waals surface area contributed by atoms with Crippen molar-refractivity contribution in [2.45, 2.75) is 26.2 Å². The molecule has 0 unspecified atom stereocenters. The molecular weight excluding hydrogens is 232 g/mol. The summed E-state index contributed by atoms with van der Waals surface area (Å²) in [6.45, 7) is 2.22. The SMILES string of the molecule is CCOC(=O)/C=C\C(=O)OCC=C1C=CCCC1. The molecule has 0 saturated carbocycles. The van der Waals surface area contributed by atoms with E-state index in [0.717, 1.165) is 31.4 Å². The van der Waals surface area contributed by atoms with Gasteiger partial charge in [-0.2, -0.15) is 0 Å². The summed E-state index contributed by atoms with van der Waals surface area (Å²) in [5.41, 5.74) is 1.18. The van der Waals surface area contributed by atoms with Crippen LogP contribution in [0.3, 0.4) is 0 Å². The fourth-order valence-corrected chi connectivity index (χ4v) is 1.52. The molecule has 0 atom stereocenters. The van der Waals surface area contributed by atoms with Gasteiger partial charge in [-0.3, -0.25) is 0 Å². The number of carbonyl (C=O) groups is 2. The summed E-state index contributed by atoms with van der Waals surface area (Å²) in [5.74, 6) is -1.08. The quantitative estimate of drug-likeness (QED) is 0.555. The highest BCUT2D eigenvalue weighted by Crippen LogP contribution is 2.15. The van der Waals surface area contributed by atoms with E-state index in [1.165, 1.54) is 5.57 Å². The summed E-state index contributed by atoms with van der Waals surface area (Å²) in [4.78, 5) is 22.2. The molecule has 18 heavy (non-hydrogen) atoms. The van der Waals surface area contributed by atoms with Gasteiger partial charge in [0, 0.05) is 12.2 Å². The van der Waals surface area contributed by atoms with Crippen molar-refractivity contribution in [3.05, 3.63) is 36.0 Å². The maximum Gasteiger partial charge on any atom is 0.331 e. The highest BCUT2D eigenvalue weighted by molar-refractivity contribution is 5.91. The van der Waals surface area contributed by atoms with Crippen LogP contribution in [-0.2, 0) is 19.1 Å². The Kier molecular flexibility index (Phi) is 6.54. The first-order chi connectivity index (χ1) is 8.72. The molecule has 0 heterocycles. The molecule has 0 N–H and O–H groups in total. The highest BCUT2D eigenvalue weighted by atomic mass is 16.5. The minimum atomic E-state index is -0.542. The molecule has 0 aromatic rings. The van der Waals surface area contributed by atoms with Gasteiger partial charge in [-0.1, -0.05) is 12.2 Å². The van der Waals surface area contributed by atoms with E-state index in [9.17, 15) is 9.59 Å². The molecule has 4 heteroatoms. The Hall–Kier alpha value is -1.84. The van der Waals surface area contributed by atoms with Crippen LogP contribution in [0.4, 0.5) is 0 Å². The summed E-state index contributed by atoms with van der Waals surface area (Å²) in [6, 6.07) is 0. The van der Waals surface area contributed by atoms with Crippen molar-refractivity contribution in [2.75, 3.05) is 13.2 Å². The Morgan fingerprint density at radius 3 is 2.61 bits per heavy atom. The van der Waals surface area contributed by atoms with Gasteiger partial charge in [0.2, 0.25) is 0 Å². The largest absolute Gasteiger partial charge is 0.463 e. The second-order valence-corrected chi connectivity index (χ2v) is 3.79. The third-order valence-electron chi connectivity index (χ3n) is 2.38. The van der Waals surface area contributed by atoms with Crippen LogP contribution in [0.15, 0.2) is 36.0 Å². The fourth-order valence-electron chi connectivity index (χ4n) is 1.52. The second kappa shape index (κ2) is 8.28. The lowest BCUT2D eigenvalue weighted by Gasteiger charge is -2.06. The van der Waals surface area contributed by atoms with Crippen molar-refractivity contribution in [1.29, 1.82) is 0 Å². The number of allylic oxidation sites excluding steroid dienone is 3. The summed E-state index contributed by atoms with van der Waals surface area (Å²) in [5, 5.41) is 0. The minimum Gasteiger partial charge on any atom is -0.463 e. The molecule has 4 nitrogen and oxygen atoms in total. The van der Waals surface area contributed by atoms with Gasteiger partial charge in [0.1, 0.15) is 6.61 Å². The minimum absolute atomic E-state index is 0.228. The Labute approximate surface area is 107 Å². The van der Waals surface area contributed by atoms with E-state index < -0.39 is 11.9 Å². The van der Waals surface area contributed by atoms with Crippen LogP contribution in [0.25, 0.3) is 0 Å². The van der Waals surface area contributed by atoms with E-state index in [4.69, 9.17) is 4.74 Å². The first-order valence-corrected chi connectivity index (χ1v) is 6.09. The molecule has 0 bridgehead atoms. The van der Waals surface area contributed by atoms with Crippen LogP contribution in [0.1, 0.15) is 26.2 Å². The van der Waals surface area contributed by atoms with Crippen molar-refractivity contribution >= 4 is 11.9 Å². The standard InChI is InChI=1S/C14H18O4/c1-2-17-13(15)8-9-14(16)18-11-10-12-6-4-3-5-7-12/h4,6,8-10H,2-3,5,7,11H2,1H3/b9-8-,12-10?. The third kappa shape index (κ3) is 6.03. The predicted octanol–water partition coefficient (Wildman–Crippen LogP) is 2.32. The third-order valence-corrected chi connectivity index (χ3v) is 2.38. The van der Waals surface area contributed by atoms with Gasteiger partial charge in [0.05, 0.1) is 6.61 Å². The van der Waals surface area contributed by atoms with Crippen LogP contribution in [0.2, 0.25) is 0 Å². The molecule has 1 aliphatic rings. The summed E-state index contributed by atoms with van der Waals surface area (Å²) >= 11 is 0. The van der Waals surface area contributed by atoms with E-state index in [0.29, 0.717) is 0 Å². The van der Waals surface area contributed by atoms with Crippen molar-refractivity contribution < 1.29 is 19.1 Å². The van der Waals surface area contributed by atoms with Crippen molar-refractivity contribution in [3.8, 4) is 0 Å². The zero-order valence-electron chi connectivity index (χ0n) is 10.6. The molecule has 0 aromatic carbocycles. The van der Waals surface area contributed by atoms with Gasteiger partial charge >= 0.3 is 11.9 Å². The number of esters is 2. The summed E-state index contributed by atoms with van der Waals surface area (Å²) in [6.07, 6.45) is 11.5. The zero-order valence-corrected chi connectivity index (χ0v) is 10.6. The molecule has 1 aliphatic carbocycles. The van der Waals surface area contributed by atoms with Gasteiger partial charge in [-0.15, -0.1) is 0 Å². The van der Waals surface area contributed by atoms with E-state index in [-0.39, 0.29) is 13.2 Å². The van der Waals surface area contributed by atoms with Crippen molar-refractivity contribution in [2.24, 2.45) is 0 Å². The molecule has 0 aromatic heterocycles. The Balaban J connectivity index is 2.26. The molecular formula is C14H18O4. The number of ether oxygens (including phenoxy) is 2. The Morgan fingerprint density at radius 1 is 1.28 bits per heavy atom. The maximum atomic E-state index is 11.2. The smallest absolute Gasteiger partial charge is 0.331 e. The van der Waals surface area contributed by atoms with Crippen molar-refractivity contribution in [1.82, 2.24) is 0 Å². The molecule has 0 amide bonds. The van der Waals surface area contributed by atoms with Gasteiger partial charge in [0.15, 0.2) is 0 Å². The average Bonchev–Trinajstić information content (AvgIpc) is 2.38. The average molecular weight is 250 g/mol. The number of carbonyl (C=O) groups excluding carboxylic acids is 2. The highest BCUT2D eigenvalue weighted by Gasteiger charge is 2.01. The molecule has 0 radical (unpaired) electrons. The van der Waals surface area contributed by atoms with Gasteiger partial charge in [0.25, 0.3) is 0 Å². The van der Waals surface area contributed by atoms with Crippen molar-refractivity contribution in [3.63, 3.8) is 0 Å². The first kappa shape index (κ1) is 14.2. The van der Waals surface area contributed by atoms with E-state index in [2.05, 4.69) is 10.8 Å². The van der Waals surface area contributed by atoms with Crippen LogP contribution in [0, 0.1) is 0 Å². The molecule has 1 rings (SSSR count). The van der Waals surface area contributed by atoms with Crippen LogP contribution >= 0.6 is 0 Å². The Morgan fingerprint density at radius 2 is 2.00 bits per heavy atom. The number of hydrogen-bond donors (Lipinski definition) is 0. The fraction of sp³-hybridized carbons (Fsp3) is 0.429. The molecule has 0 spiro atoms. The second-order valence-electron chi connectivity index (χ2n) is 3.79. The molecule has 0 fully saturated rings. The van der Waals surface area contributed by atoms with E-state index in [1.807, 2.05) is 12.2 Å². The Bertz CT molecular complexity index is 377.